The standard InChI is InChI=1S/C8H6N4O/c1-5-10-8-6(11-12-9)3-2-4-7(8)13-5/h2-4H,1H3. The van der Waals surface area contributed by atoms with Crippen LogP contribution in [0.25, 0.3) is 21.5 Å². The lowest BCUT2D eigenvalue weighted by Crippen LogP contribution is -1.69. The zero-order valence-corrected chi connectivity index (χ0v) is 6.93. The Labute approximate surface area is 73.6 Å². The Morgan fingerprint density at radius 2 is 2.38 bits per heavy atom. The predicted octanol–water partition coefficient (Wildman–Crippen LogP) is 3.08. The minimum absolute atomic E-state index is 0.497. The number of azide groups is 1. The third-order valence-corrected chi connectivity index (χ3v) is 1.66. The second kappa shape index (κ2) is 2.80. The summed E-state index contributed by atoms with van der Waals surface area (Å²) in [7, 11) is 0. The maximum Gasteiger partial charge on any atom is 0.192 e. The topological polar surface area (TPSA) is 74.8 Å². The molecule has 0 unspecified atom stereocenters. The SMILES string of the molecule is Cc1nc2c(N=[N+]=[N-])cccc2o1. The Morgan fingerprint density at radius 1 is 1.54 bits per heavy atom. The second-order valence-electron chi connectivity index (χ2n) is 2.55. The Bertz CT molecular complexity index is 496. The van der Waals surface area contributed by atoms with Crippen LogP contribution in [0.15, 0.2) is 27.7 Å². The number of fused-ring (bicyclic) bond motifs is 1. The molecule has 0 saturated carbocycles. The molecule has 0 bridgehead atoms. The molecule has 0 aliphatic carbocycles. The monoisotopic (exact) mass is 174 g/mol. The quantitative estimate of drug-likeness (QED) is 0.378. The average Bonchev–Trinajstić information content (AvgIpc) is 2.47. The molecule has 5 heteroatoms. The molecule has 1 aromatic heterocycles. The van der Waals surface area contributed by atoms with Crippen molar-refractivity contribution in [2.45, 2.75) is 6.92 Å². The first-order valence-corrected chi connectivity index (χ1v) is 3.72. The Morgan fingerprint density at radius 3 is 3.15 bits per heavy atom. The summed E-state index contributed by atoms with van der Waals surface area (Å²) >= 11 is 0. The third-order valence-electron chi connectivity index (χ3n) is 1.66. The van der Waals surface area contributed by atoms with Gasteiger partial charge in [0.2, 0.25) is 0 Å². The van der Waals surface area contributed by atoms with Crippen molar-refractivity contribution in [3.05, 3.63) is 34.5 Å². The van der Waals surface area contributed by atoms with Crippen molar-refractivity contribution in [1.82, 2.24) is 4.98 Å². The van der Waals surface area contributed by atoms with Gasteiger partial charge >= 0.3 is 0 Å². The molecule has 64 valence electrons. The van der Waals surface area contributed by atoms with Gasteiger partial charge in [0.1, 0.15) is 5.52 Å². The van der Waals surface area contributed by atoms with Gasteiger partial charge in [0, 0.05) is 11.8 Å². The van der Waals surface area contributed by atoms with E-state index in [-0.39, 0.29) is 0 Å². The first kappa shape index (κ1) is 7.64. The molecule has 0 N–H and O–H groups in total. The van der Waals surface area contributed by atoms with Crippen LogP contribution in [0.1, 0.15) is 5.89 Å². The van der Waals surface area contributed by atoms with Gasteiger partial charge in [0.05, 0.1) is 5.69 Å². The van der Waals surface area contributed by atoms with E-state index < -0.39 is 0 Å². The highest BCUT2D eigenvalue weighted by Gasteiger charge is 2.04. The Balaban J connectivity index is 2.81. The molecule has 2 rings (SSSR count). The lowest BCUT2D eigenvalue weighted by atomic mass is 10.3. The van der Waals surface area contributed by atoms with Crippen molar-refractivity contribution in [3.8, 4) is 0 Å². The van der Waals surface area contributed by atoms with Crippen LogP contribution in [-0.4, -0.2) is 4.98 Å². The second-order valence-corrected chi connectivity index (χ2v) is 2.55. The molecule has 5 nitrogen and oxygen atoms in total. The van der Waals surface area contributed by atoms with Crippen LogP contribution in [0.3, 0.4) is 0 Å². The number of oxazole rings is 1. The molecular weight excluding hydrogens is 168 g/mol. The van der Waals surface area contributed by atoms with Gasteiger partial charge in [-0.2, -0.15) is 0 Å². The number of para-hydroxylation sites is 1. The molecule has 0 aliphatic rings. The van der Waals surface area contributed by atoms with Crippen molar-refractivity contribution in [2.75, 3.05) is 0 Å². The first-order valence-electron chi connectivity index (χ1n) is 3.72. The van der Waals surface area contributed by atoms with Gasteiger partial charge in [-0.25, -0.2) is 4.98 Å². The van der Waals surface area contributed by atoms with Gasteiger partial charge in [-0.1, -0.05) is 17.2 Å². The lowest BCUT2D eigenvalue weighted by molar-refractivity contribution is 0.561. The highest BCUT2D eigenvalue weighted by molar-refractivity contribution is 5.84. The van der Waals surface area contributed by atoms with Crippen molar-refractivity contribution >= 4 is 16.8 Å². The average molecular weight is 174 g/mol. The van der Waals surface area contributed by atoms with Gasteiger partial charge in [-0.3, -0.25) is 0 Å². The highest BCUT2D eigenvalue weighted by atomic mass is 16.3. The van der Waals surface area contributed by atoms with E-state index in [0.717, 1.165) is 0 Å². The predicted molar refractivity (Wildman–Crippen MR) is 47.6 cm³/mol. The van der Waals surface area contributed by atoms with Gasteiger partial charge in [-0.15, -0.1) is 0 Å². The van der Waals surface area contributed by atoms with Crippen LogP contribution in [0.2, 0.25) is 0 Å². The highest BCUT2D eigenvalue weighted by Crippen LogP contribution is 2.25. The minimum atomic E-state index is 0.497. The third kappa shape index (κ3) is 1.21. The van der Waals surface area contributed by atoms with Crippen molar-refractivity contribution in [3.63, 3.8) is 0 Å². The van der Waals surface area contributed by atoms with E-state index in [4.69, 9.17) is 9.95 Å². The van der Waals surface area contributed by atoms with Crippen molar-refractivity contribution in [1.29, 1.82) is 0 Å². The van der Waals surface area contributed by atoms with Crippen LogP contribution in [0.5, 0.6) is 0 Å². The summed E-state index contributed by atoms with van der Waals surface area (Å²) in [6, 6.07) is 5.24. The summed E-state index contributed by atoms with van der Waals surface area (Å²) in [5, 5.41) is 3.51. The largest absolute Gasteiger partial charge is 0.441 e. The molecular formula is C8H6N4O. The van der Waals surface area contributed by atoms with Crippen molar-refractivity contribution < 1.29 is 4.42 Å². The number of aromatic nitrogens is 1. The normalized spacial score (nSPS) is 9.92. The summed E-state index contributed by atoms with van der Waals surface area (Å²) in [4.78, 5) is 6.81. The van der Waals surface area contributed by atoms with Gasteiger partial charge < -0.3 is 4.42 Å². The van der Waals surface area contributed by atoms with E-state index in [1.807, 2.05) is 0 Å². The van der Waals surface area contributed by atoms with Crippen LogP contribution < -0.4 is 0 Å². The molecule has 1 aromatic carbocycles. The fraction of sp³-hybridized carbons (Fsp3) is 0.125. The number of nitrogens with zero attached hydrogens (tertiary/aromatic N) is 4. The van der Waals surface area contributed by atoms with E-state index in [0.29, 0.717) is 22.7 Å². The molecule has 0 fully saturated rings. The summed E-state index contributed by atoms with van der Waals surface area (Å²) in [5.41, 5.74) is 10.0. The molecule has 0 spiro atoms. The number of hydrogen-bond donors (Lipinski definition) is 0. The molecule has 0 amide bonds. The minimum Gasteiger partial charge on any atom is -0.441 e. The van der Waals surface area contributed by atoms with E-state index in [1.54, 1.807) is 25.1 Å². The van der Waals surface area contributed by atoms with Crippen LogP contribution in [0.4, 0.5) is 5.69 Å². The van der Waals surface area contributed by atoms with E-state index in [1.165, 1.54) is 0 Å². The molecule has 1 heterocycles. The van der Waals surface area contributed by atoms with Gasteiger partial charge in [0.25, 0.3) is 0 Å². The van der Waals surface area contributed by atoms with Crippen LogP contribution >= 0.6 is 0 Å². The number of benzene rings is 1. The molecule has 0 saturated heterocycles. The summed E-state index contributed by atoms with van der Waals surface area (Å²) in [6.45, 7) is 1.75. The fourth-order valence-corrected chi connectivity index (χ4v) is 1.17. The number of hydrogen-bond acceptors (Lipinski definition) is 3. The maximum atomic E-state index is 8.29. The first-order chi connectivity index (χ1) is 6.31. The molecule has 2 aromatic rings. The number of aryl methyl sites for hydroxylation is 1. The van der Waals surface area contributed by atoms with Crippen LogP contribution in [0, 0.1) is 6.92 Å². The summed E-state index contributed by atoms with van der Waals surface area (Å²) in [6.07, 6.45) is 0. The van der Waals surface area contributed by atoms with Gasteiger partial charge in [-0.05, 0) is 11.6 Å². The Hall–Kier alpha value is -2.00. The van der Waals surface area contributed by atoms with E-state index in [9.17, 15) is 0 Å². The smallest absolute Gasteiger partial charge is 0.192 e. The zero-order valence-electron chi connectivity index (χ0n) is 6.93. The molecule has 0 aliphatic heterocycles. The molecule has 0 atom stereocenters. The molecule has 13 heavy (non-hydrogen) atoms. The summed E-state index contributed by atoms with van der Waals surface area (Å²) in [5.74, 6) is 0.565. The molecule has 0 radical (unpaired) electrons. The van der Waals surface area contributed by atoms with E-state index >= 15 is 0 Å². The number of rotatable bonds is 1. The maximum absolute atomic E-state index is 8.29. The summed E-state index contributed by atoms with van der Waals surface area (Å²) < 4.78 is 5.26. The van der Waals surface area contributed by atoms with Gasteiger partial charge in [0.15, 0.2) is 11.5 Å². The van der Waals surface area contributed by atoms with Crippen LogP contribution in [-0.2, 0) is 0 Å². The lowest BCUT2D eigenvalue weighted by Gasteiger charge is -1.89. The fourth-order valence-electron chi connectivity index (χ4n) is 1.17. The Kier molecular flexibility index (Phi) is 1.65. The van der Waals surface area contributed by atoms with E-state index in [2.05, 4.69) is 15.0 Å². The zero-order chi connectivity index (χ0) is 9.26. The van der Waals surface area contributed by atoms with Crippen molar-refractivity contribution in [2.24, 2.45) is 5.11 Å².